The van der Waals surface area contributed by atoms with Gasteiger partial charge in [0.1, 0.15) is 4.88 Å². The van der Waals surface area contributed by atoms with Crippen molar-refractivity contribution in [2.45, 2.75) is 31.3 Å². The van der Waals surface area contributed by atoms with E-state index in [4.69, 9.17) is 5.73 Å². The van der Waals surface area contributed by atoms with Crippen molar-refractivity contribution < 1.29 is 9.90 Å². The molecule has 1 aliphatic rings. The molecular weight excluding hydrogens is 224 g/mol. The molecule has 1 aromatic heterocycles. The fourth-order valence-electron chi connectivity index (χ4n) is 2.04. The van der Waals surface area contributed by atoms with E-state index in [0.29, 0.717) is 17.1 Å². The third kappa shape index (κ3) is 2.36. The molecule has 0 atom stereocenters. The van der Waals surface area contributed by atoms with Crippen LogP contribution in [0, 0.1) is 0 Å². The monoisotopic (exact) mass is 240 g/mol. The first-order chi connectivity index (χ1) is 7.61. The maximum atomic E-state index is 11.7. The lowest BCUT2D eigenvalue weighted by molar-refractivity contribution is 0.0451. The van der Waals surface area contributed by atoms with Crippen molar-refractivity contribution in [3.63, 3.8) is 0 Å². The second kappa shape index (κ2) is 4.43. The molecule has 4 N–H and O–H groups in total. The van der Waals surface area contributed by atoms with Gasteiger partial charge in [0.15, 0.2) is 0 Å². The second-order valence-corrected chi connectivity index (χ2v) is 5.24. The van der Waals surface area contributed by atoms with Crippen molar-refractivity contribution in [2.24, 2.45) is 0 Å². The predicted octanol–water partition coefficient (Wildman–Crippen LogP) is 1.37. The molecule has 1 aliphatic carbocycles. The van der Waals surface area contributed by atoms with Crippen LogP contribution in [0.3, 0.4) is 0 Å². The molecule has 1 aromatic rings. The van der Waals surface area contributed by atoms with E-state index < -0.39 is 5.60 Å². The number of carbonyl (C=O) groups is 1. The normalized spacial score (nSPS) is 18.6. The summed E-state index contributed by atoms with van der Waals surface area (Å²) in [6.45, 7) is 0.323. The van der Waals surface area contributed by atoms with Crippen LogP contribution in [0.4, 0.5) is 5.69 Å². The summed E-state index contributed by atoms with van der Waals surface area (Å²) in [5.74, 6) is -0.187. The Labute approximate surface area is 98.5 Å². The fraction of sp³-hybridized carbons (Fsp3) is 0.545. The van der Waals surface area contributed by atoms with Crippen LogP contribution in [0.15, 0.2) is 11.4 Å². The number of carbonyl (C=O) groups excluding carboxylic acids is 1. The van der Waals surface area contributed by atoms with Gasteiger partial charge in [-0.15, -0.1) is 11.3 Å². The molecule has 0 saturated heterocycles. The summed E-state index contributed by atoms with van der Waals surface area (Å²) in [7, 11) is 0. The first-order valence-electron chi connectivity index (χ1n) is 5.44. The number of aliphatic hydroxyl groups is 1. The molecule has 0 spiro atoms. The molecule has 1 fully saturated rings. The van der Waals surface area contributed by atoms with Gasteiger partial charge in [-0.2, -0.15) is 0 Å². The number of nitrogens with two attached hydrogens (primary N) is 1. The molecule has 0 bridgehead atoms. The predicted molar refractivity (Wildman–Crippen MR) is 64.5 cm³/mol. The van der Waals surface area contributed by atoms with Crippen LogP contribution in [0.5, 0.6) is 0 Å². The average Bonchev–Trinajstić information content (AvgIpc) is 2.85. The van der Waals surface area contributed by atoms with Crippen molar-refractivity contribution in [3.8, 4) is 0 Å². The highest BCUT2D eigenvalue weighted by molar-refractivity contribution is 7.12. The smallest absolute Gasteiger partial charge is 0.263 e. The van der Waals surface area contributed by atoms with Crippen molar-refractivity contribution in [1.82, 2.24) is 5.32 Å². The van der Waals surface area contributed by atoms with E-state index in [2.05, 4.69) is 5.32 Å². The molecule has 4 nitrogen and oxygen atoms in total. The Morgan fingerprint density at radius 2 is 2.25 bits per heavy atom. The van der Waals surface area contributed by atoms with E-state index >= 15 is 0 Å². The summed E-state index contributed by atoms with van der Waals surface area (Å²) < 4.78 is 0. The molecular formula is C11H16N2O2S. The van der Waals surface area contributed by atoms with Crippen LogP contribution in [-0.2, 0) is 0 Å². The first-order valence-corrected chi connectivity index (χ1v) is 6.32. The minimum atomic E-state index is -0.707. The maximum absolute atomic E-state index is 11.7. The maximum Gasteiger partial charge on any atom is 0.263 e. The molecule has 1 heterocycles. The Balaban J connectivity index is 1.91. The van der Waals surface area contributed by atoms with Gasteiger partial charge in [-0.3, -0.25) is 4.79 Å². The third-order valence-electron chi connectivity index (χ3n) is 3.01. The zero-order chi connectivity index (χ0) is 11.6. The van der Waals surface area contributed by atoms with Gasteiger partial charge >= 0.3 is 0 Å². The third-order valence-corrected chi connectivity index (χ3v) is 3.94. The van der Waals surface area contributed by atoms with E-state index in [9.17, 15) is 9.90 Å². The minimum absolute atomic E-state index is 0.187. The van der Waals surface area contributed by atoms with E-state index in [0.717, 1.165) is 25.7 Å². The van der Waals surface area contributed by atoms with Gasteiger partial charge in [0.25, 0.3) is 5.91 Å². The highest BCUT2D eigenvalue weighted by Crippen LogP contribution is 2.28. The average molecular weight is 240 g/mol. The lowest BCUT2D eigenvalue weighted by Gasteiger charge is -2.22. The summed E-state index contributed by atoms with van der Waals surface area (Å²) in [5.41, 5.74) is 5.44. The second-order valence-electron chi connectivity index (χ2n) is 4.32. The highest BCUT2D eigenvalue weighted by atomic mass is 32.1. The summed E-state index contributed by atoms with van der Waals surface area (Å²) in [5, 5.41) is 14.6. The first kappa shape index (κ1) is 11.4. The van der Waals surface area contributed by atoms with E-state index in [1.165, 1.54) is 11.3 Å². The number of thiophene rings is 1. The number of anilines is 1. The van der Waals surface area contributed by atoms with Gasteiger partial charge < -0.3 is 16.2 Å². The zero-order valence-electron chi connectivity index (χ0n) is 9.03. The Kier molecular flexibility index (Phi) is 3.16. The van der Waals surface area contributed by atoms with Gasteiger partial charge in [-0.25, -0.2) is 0 Å². The summed E-state index contributed by atoms with van der Waals surface area (Å²) >= 11 is 1.32. The Hall–Kier alpha value is -1.07. The van der Waals surface area contributed by atoms with Crippen LogP contribution in [-0.4, -0.2) is 23.2 Å². The van der Waals surface area contributed by atoms with Crippen molar-refractivity contribution in [3.05, 3.63) is 16.3 Å². The number of rotatable bonds is 3. The Morgan fingerprint density at radius 1 is 1.56 bits per heavy atom. The van der Waals surface area contributed by atoms with Gasteiger partial charge in [0.05, 0.1) is 11.3 Å². The van der Waals surface area contributed by atoms with E-state index in [1.807, 2.05) is 0 Å². The molecule has 5 heteroatoms. The quantitative estimate of drug-likeness (QED) is 0.747. The van der Waals surface area contributed by atoms with Gasteiger partial charge in [-0.1, -0.05) is 12.8 Å². The topological polar surface area (TPSA) is 75.4 Å². The number of amides is 1. The molecule has 1 saturated carbocycles. The van der Waals surface area contributed by atoms with Gasteiger partial charge in [0, 0.05) is 6.54 Å². The van der Waals surface area contributed by atoms with Crippen molar-refractivity contribution in [1.29, 1.82) is 0 Å². The zero-order valence-corrected chi connectivity index (χ0v) is 9.85. The molecule has 0 aromatic carbocycles. The molecule has 88 valence electrons. The Morgan fingerprint density at radius 3 is 2.81 bits per heavy atom. The number of hydrogen-bond donors (Lipinski definition) is 3. The number of nitrogens with one attached hydrogen (secondary N) is 1. The fourth-order valence-corrected chi connectivity index (χ4v) is 2.77. The SMILES string of the molecule is Nc1ccsc1C(=O)NCC1(O)CCCC1. The lowest BCUT2D eigenvalue weighted by Crippen LogP contribution is -2.40. The van der Waals surface area contributed by atoms with E-state index in [-0.39, 0.29) is 5.91 Å². The van der Waals surface area contributed by atoms with Gasteiger partial charge in [-0.05, 0) is 24.3 Å². The molecule has 2 rings (SSSR count). The van der Waals surface area contributed by atoms with Crippen molar-refractivity contribution >= 4 is 22.9 Å². The molecule has 0 unspecified atom stereocenters. The largest absolute Gasteiger partial charge is 0.397 e. The van der Waals surface area contributed by atoms with Gasteiger partial charge in [0.2, 0.25) is 0 Å². The summed E-state index contributed by atoms with van der Waals surface area (Å²) in [6.07, 6.45) is 3.61. The standard InChI is InChI=1S/C11H16N2O2S/c12-8-3-6-16-9(8)10(14)13-7-11(15)4-1-2-5-11/h3,6,15H,1-2,4-5,7,12H2,(H,13,14). The number of nitrogen functional groups attached to an aromatic ring is 1. The van der Waals surface area contributed by atoms with Crippen LogP contribution in [0.2, 0.25) is 0 Å². The van der Waals surface area contributed by atoms with Crippen molar-refractivity contribution in [2.75, 3.05) is 12.3 Å². The Bertz CT molecular complexity index is 383. The summed E-state index contributed by atoms with van der Waals surface area (Å²) in [6, 6.07) is 1.71. The van der Waals surface area contributed by atoms with Crippen LogP contribution in [0.1, 0.15) is 35.4 Å². The molecule has 0 aliphatic heterocycles. The molecule has 0 radical (unpaired) electrons. The van der Waals surface area contributed by atoms with Crippen LogP contribution >= 0.6 is 11.3 Å². The lowest BCUT2D eigenvalue weighted by atomic mass is 10.0. The number of hydrogen-bond acceptors (Lipinski definition) is 4. The van der Waals surface area contributed by atoms with Crippen LogP contribution < -0.4 is 11.1 Å². The molecule has 1 amide bonds. The summed E-state index contributed by atoms with van der Waals surface area (Å²) in [4.78, 5) is 12.3. The minimum Gasteiger partial charge on any atom is -0.397 e. The molecule has 16 heavy (non-hydrogen) atoms. The van der Waals surface area contributed by atoms with Crippen LogP contribution in [0.25, 0.3) is 0 Å². The highest BCUT2D eigenvalue weighted by Gasteiger charge is 2.31. The van der Waals surface area contributed by atoms with E-state index in [1.54, 1.807) is 11.4 Å².